The number of urea groups is 1. The number of carbonyl (C=O) groups is 1. The number of fused-ring (bicyclic) bond motifs is 2. The summed E-state index contributed by atoms with van der Waals surface area (Å²) in [5.74, 6) is -0.548. The lowest BCUT2D eigenvalue weighted by Gasteiger charge is -2.21. The Morgan fingerprint density at radius 2 is 1.58 bits per heavy atom. The topological polar surface area (TPSA) is 113 Å². The van der Waals surface area contributed by atoms with Crippen LogP contribution in [0.2, 0.25) is 0 Å². The fraction of sp³-hybridized carbons (Fsp3) is 0.400. The molecule has 1 aliphatic heterocycles. The van der Waals surface area contributed by atoms with Crippen molar-refractivity contribution in [2.45, 2.75) is 62.3 Å². The van der Waals surface area contributed by atoms with Crippen molar-refractivity contribution in [2.75, 3.05) is 11.9 Å². The minimum atomic E-state index is -4.17. The second-order valence-electron chi connectivity index (χ2n) is 9.44. The van der Waals surface area contributed by atoms with Crippen molar-refractivity contribution in [3.63, 3.8) is 0 Å². The van der Waals surface area contributed by atoms with Gasteiger partial charge in [-0.05, 0) is 97.9 Å². The average Bonchev–Trinajstić information content (AvgIpc) is 3.58. The number of hydrogen-bond donors (Lipinski definition) is 2. The summed E-state index contributed by atoms with van der Waals surface area (Å²) in [6, 6.07) is 5.20. The molecular formula is C25H28FN3O5S2. The Kier molecular flexibility index (Phi) is 6.65. The maximum Gasteiger partial charge on any atom is 0.333 e. The molecule has 192 valence electrons. The van der Waals surface area contributed by atoms with Crippen molar-refractivity contribution >= 4 is 31.8 Å². The first kappa shape index (κ1) is 24.9. The molecule has 2 aromatic carbocycles. The van der Waals surface area contributed by atoms with Crippen LogP contribution in [0, 0.1) is 5.82 Å². The highest BCUT2D eigenvalue weighted by molar-refractivity contribution is 7.93. The summed E-state index contributed by atoms with van der Waals surface area (Å²) in [7, 11) is -8.10. The minimum absolute atomic E-state index is 0.0625. The van der Waals surface area contributed by atoms with Gasteiger partial charge in [0.1, 0.15) is 5.82 Å². The number of hydrogen-bond acceptors (Lipinski definition) is 5. The fourth-order valence-corrected chi connectivity index (χ4v) is 7.88. The van der Waals surface area contributed by atoms with Crippen LogP contribution in [0.25, 0.3) is 0 Å². The van der Waals surface area contributed by atoms with E-state index in [4.69, 9.17) is 0 Å². The Labute approximate surface area is 210 Å². The molecule has 0 saturated carbocycles. The van der Waals surface area contributed by atoms with E-state index in [2.05, 4.69) is 11.4 Å². The van der Waals surface area contributed by atoms with Crippen LogP contribution in [0.15, 0.2) is 46.7 Å². The number of halogens is 1. The van der Waals surface area contributed by atoms with Crippen LogP contribution >= 0.6 is 0 Å². The van der Waals surface area contributed by atoms with E-state index in [0.717, 1.165) is 72.9 Å². The molecule has 2 amide bonds. The predicted molar refractivity (Wildman–Crippen MR) is 134 cm³/mol. The molecule has 1 fully saturated rings. The van der Waals surface area contributed by atoms with Gasteiger partial charge in [-0.1, -0.05) is 12.1 Å². The normalized spacial score (nSPS) is 20.0. The Bertz CT molecular complexity index is 1400. The van der Waals surface area contributed by atoms with Crippen molar-refractivity contribution in [2.24, 2.45) is 0 Å². The van der Waals surface area contributed by atoms with E-state index in [9.17, 15) is 26.0 Å². The minimum Gasteiger partial charge on any atom is -0.307 e. The van der Waals surface area contributed by atoms with Crippen LogP contribution in [0.5, 0.6) is 0 Å². The Morgan fingerprint density at radius 3 is 2.22 bits per heavy atom. The van der Waals surface area contributed by atoms with Gasteiger partial charge in [0.25, 0.3) is 10.0 Å². The zero-order chi connectivity index (χ0) is 25.5. The molecule has 8 nitrogen and oxygen atoms in total. The number of anilines is 1. The molecule has 0 spiro atoms. The molecule has 1 unspecified atom stereocenters. The van der Waals surface area contributed by atoms with E-state index in [-0.39, 0.29) is 11.4 Å². The van der Waals surface area contributed by atoms with Crippen molar-refractivity contribution < 1.29 is 26.0 Å². The Hall–Kier alpha value is -2.76. The molecule has 2 aliphatic carbocycles. The molecule has 1 heterocycles. The van der Waals surface area contributed by atoms with Crippen LogP contribution in [0.1, 0.15) is 47.9 Å². The number of nitrogens with one attached hydrogen (secondary N) is 2. The second kappa shape index (κ2) is 9.60. The van der Waals surface area contributed by atoms with Gasteiger partial charge in [0.2, 0.25) is 10.0 Å². The molecule has 11 heteroatoms. The maximum absolute atomic E-state index is 13.2. The van der Waals surface area contributed by atoms with E-state index in [1.54, 1.807) is 0 Å². The van der Waals surface area contributed by atoms with Crippen molar-refractivity contribution in [3.8, 4) is 0 Å². The van der Waals surface area contributed by atoms with Gasteiger partial charge < -0.3 is 5.32 Å². The van der Waals surface area contributed by atoms with Crippen LogP contribution < -0.4 is 10.0 Å². The van der Waals surface area contributed by atoms with E-state index in [1.807, 2.05) is 4.72 Å². The number of sulfonamides is 2. The van der Waals surface area contributed by atoms with Gasteiger partial charge in [-0.3, -0.25) is 0 Å². The third-order valence-corrected chi connectivity index (χ3v) is 10.0. The molecule has 5 rings (SSSR count). The number of aryl methyl sites for hydroxylation is 2. The second-order valence-corrected chi connectivity index (χ2v) is 12.9. The monoisotopic (exact) mass is 533 g/mol. The van der Waals surface area contributed by atoms with Crippen LogP contribution in [0.4, 0.5) is 14.9 Å². The van der Waals surface area contributed by atoms with Crippen LogP contribution in [-0.2, 0) is 45.7 Å². The Balaban J connectivity index is 1.29. The summed E-state index contributed by atoms with van der Waals surface area (Å²) in [6.07, 6.45) is 7.89. The summed E-state index contributed by atoms with van der Waals surface area (Å²) in [5, 5.41) is 3.63. The third kappa shape index (κ3) is 4.91. The van der Waals surface area contributed by atoms with Gasteiger partial charge in [0.15, 0.2) is 0 Å². The van der Waals surface area contributed by atoms with Crippen LogP contribution in [-0.4, -0.2) is 39.8 Å². The van der Waals surface area contributed by atoms with E-state index >= 15 is 0 Å². The summed E-state index contributed by atoms with van der Waals surface area (Å²) in [5.41, 5.74) is 5.36. The number of rotatable bonds is 6. The molecule has 2 N–H and O–H groups in total. The van der Waals surface area contributed by atoms with Crippen molar-refractivity contribution in [1.29, 1.82) is 0 Å². The molecular weight excluding hydrogens is 505 g/mol. The summed E-state index contributed by atoms with van der Waals surface area (Å²) in [6.45, 7) is 0.215. The van der Waals surface area contributed by atoms with Gasteiger partial charge in [0, 0.05) is 23.7 Å². The fourth-order valence-electron chi connectivity index (χ4n) is 5.46. The summed E-state index contributed by atoms with van der Waals surface area (Å²) in [4.78, 5) is 12.6. The quantitative estimate of drug-likeness (QED) is 0.589. The SMILES string of the molecule is O=C(Nc1c2c(cc3c1CCC3)CCC2)NS(=O)(=O)/C=C/C1CCCN1S(=O)(=O)c1ccc(F)cc1. The van der Waals surface area contributed by atoms with Gasteiger partial charge >= 0.3 is 6.03 Å². The number of nitrogens with zero attached hydrogens (tertiary/aromatic N) is 1. The Morgan fingerprint density at radius 1 is 0.944 bits per heavy atom. The first-order valence-corrected chi connectivity index (χ1v) is 15.1. The van der Waals surface area contributed by atoms with Gasteiger partial charge in [0.05, 0.1) is 4.90 Å². The molecule has 1 atom stereocenters. The average molecular weight is 534 g/mol. The molecule has 36 heavy (non-hydrogen) atoms. The largest absolute Gasteiger partial charge is 0.333 e. The molecule has 0 aromatic heterocycles. The predicted octanol–water partition coefficient (Wildman–Crippen LogP) is 3.62. The number of carbonyl (C=O) groups excluding carboxylic acids is 1. The first-order chi connectivity index (χ1) is 17.1. The lowest BCUT2D eigenvalue weighted by Crippen LogP contribution is -2.36. The summed E-state index contributed by atoms with van der Waals surface area (Å²) < 4.78 is 67.7. The van der Waals surface area contributed by atoms with Crippen molar-refractivity contribution in [3.05, 3.63) is 69.9 Å². The lowest BCUT2D eigenvalue weighted by molar-refractivity contribution is 0.256. The number of benzene rings is 2. The van der Waals surface area contributed by atoms with Gasteiger partial charge in [-0.25, -0.2) is 30.7 Å². The molecule has 0 radical (unpaired) electrons. The highest BCUT2D eigenvalue weighted by Gasteiger charge is 2.34. The molecule has 0 bridgehead atoms. The molecule has 3 aliphatic rings. The van der Waals surface area contributed by atoms with Gasteiger partial charge in [-0.15, -0.1) is 0 Å². The number of amides is 2. The zero-order valence-corrected chi connectivity index (χ0v) is 21.3. The standard InChI is InChI=1S/C25H28FN3O5S2/c26-19-9-11-21(12-10-19)36(33,34)29-14-3-6-20(29)13-15-35(31,32)28-25(30)27-24-22-7-1-4-17(22)16-18-5-2-8-23(18)24/h9-13,15-16,20H,1-8,14H2,(H2,27,28,30)/b15-13+. The zero-order valence-electron chi connectivity index (χ0n) is 19.7. The van der Waals surface area contributed by atoms with E-state index < -0.39 is 37.9 Å². The van der Waals surface area contributed by atoms with Crippen molar-refractivity contribution in [1.82, 2.24) is 9.03 Å². The first-order valence-electron chi connectivity index (χ1n) is 12.1. The third-order valence-electron chi connectivity index (χ3n) is 7.09. The van der Waals surface area contributed by atoms with E-state index in [1.165, 1.54) is 33.6 Å². The van der Waals surface area contributed by atoms with Crippen LogP contribution in [0.3, 0.4) is 0 Å². The lowest BCUT2D eigenvalue weighted by atomic mass is 9.99. The molecule has 1 saturated heterocycles. The summed E-state index contributed by atoms with van der Waals surface area (Å²) >= 11 is 0. The van der Waals surface area contributed by atoms with Gasteiger partial charge in [-0.2, -0.15) is 4.31 Å². The van der Waals surface area contributed by atoms with E-state index in [0.29, 0.717) is 12.8 Å². The molecule has 2 aromatic rings. The highest BCUT2D eigenvalue weighted by Crippen LogP contribution is 2.38. The smallest absolute Gasteiger partial charge is 0.307 e. The maximum atomic E-state index is 13.2. The highest BCUT2D eigenvalue weighted by atomic mass is 32.2.